The van der Waals surface area contributed by atoms with Crippen molar-refractivity contribution in [1.29, 1.82) is 0 Å². The van der Waals surface area contributed by atoms with E-state index in [1.807, 2.05) is 0 Å². The molecule has 1 aliphatic rings. The summed E-state index contributed by atoms with van der Waals surface area (Å²) in [6.45, 7) is 6.72. The van der Waals surface area contributed by atoms with E-state index in [2.05, 4.69) is 18.7 Å². The van der Waals surface area contributed by atoms with Gasteiger partial charge in [-0.2, -0.15) is 0 Å². The molecule has 1 aliphatic heterocycles. The summed E-state index contributed by atoms with van der Waals surface area (Å²) in [6.07, 6.45) is 10.8. The zero-order valence-corrected chi connectivity index (χ0v) is 11.3. The molecule has 1 fully saturated rings. The molecule has 1 heterocycles. The maximum absolute atomic E-state index is 5.94. The third-order valence-electron chi connectivity index (χ3n) is 4.03. The van der Waals surface area contributed by atoms with Crippen molar-refractivity contribution in [3.63, 3.8) is 0 Å². The van der Waals surface area contributed by atoms with Crippen LogP contribution in [0.4, 0.5) is 0 Å². The molecule has 16 heavy (non-hydrogen) atoms. The Labute approximate surface area is 102 Å². The van der Waals surface area contributed by atoms with E-state index in [-0.39, 0.29) is 0 Å². The summed E-state index contributed by atoms with van der Waals surface area (Å²) in [7, 11) is 0. The van der Waals surface area contributed by atoms with E-state index in [0.717, 1.165) is 12.6 Å². The van der Waals surface area contributed by atoms with Crippen LogP contribution >= 0.6 is 0 Å². The van der Waals surface area contributed by atoms with Gasteiger partial charge < -0.3 is 5.73 Å². The summed E-state index contributed by atoms with van der Waals surface area (Å²) >= 11 is 0. The van der Waals surface area contributed by atoms with E-state index >= 15 is 0 Å². The van der Waals surface area contributed by atoms with Gasteiger partial charge in [0.1, 0.15) is 0 Å². The highest BCUT2D eigenvalue weighted by atomic mass is 15.2. The number of unbranched alkanes of at least 4 members (excludes halogenated alkanes) is 3. The van der Waals surface area contributed by atoms with Gasteiger partial charge in [-0.15, -0.1) is 0 Å². The van der Waals surface area contributed by atoms with Crippen molar-refractivity contribution >= 4 is 0 Å². The van der Waals surface area contributed by atoms with Crippen LogP contribution in [0.2, 0.25) is 0 Å². The molecule has 0 aliphatic carbocycles. The molecule has 1 saturated heterocycles. The average Bonchev–Trinajstić information content (AvgIpc) is 2.77. The number of hydrogen-bond donors (Lipinski definition) is 1. The number of nitrogens with two attached hydrogens (primary N) is 1. The van der Waals surface area contributed by atoms with E-state index < -0.39 is 0 Å². The molecular formula is C14H30N2. The van der Waals surface area contributed by atoms with Gasteiger partial charge in [0.25, 0.3) is 0 Å². The van der Waals surface area contributed by atoms with Gasteiger partial charge in [0.15, 0.2) is 0 Å². The Hall–Kier alpha value is -0.0800. The van der Waals surface area contributed by atoms with Gasteiger partial charge in [-0.05, 0) is 32.2 Å². The summed E-state index contributed by atoms with van der Waals surface area (Å²) < 4.78 is 0. The molecule has 96 valence electrons. The lowest BCUT2D eigenvalue weighted by Crippen LogP contribution is -2.43. The summed E-state index contributed by atoms with van der Waals surface area (Å²) in [6, 6.07) is 1.48. The van der Waals surface area contributed by atoms with E-state index in [9.17, 15) is 0 Å². The first-order chi connectivity index (χ1) is 7.83. The van der Waals surface area contributed by atoms with Gasteiger partial charge in [0.2, 0.25) is 0 Å². The fraction of sp³-hybridized carbons (Fsp3) is 1.00. The van der Waals surface area contributed by atoms with Crippen LogP contribution in [0.5, 0.6) is 0 Å². The fourth-order valence-corrected chi connectivity index (χ4v) is 3.00. The molecule has 0 aromatic carbocycles. The summed E-state index contributed by atoms with van der Waals surface area (Å²) in [5.74, 6) is 0. The summed E-state index contributed by atoms with van der Waals surface area (Å²) in [5.41, 5.74) is 5.94. The molecule has 2 atom stereocenters. The Morgan fingerprint density at radius 2 is 2.06 bits per heavy atom. The lowest BCUT2D eigenvalue weighted by molar-refractivity contribution is 0.168. The molecule has 0 aromatic rings. The predicted molar refractivity (Wildman–Crippen MR) is 71.6 cm³/mol. The molecular weight excluding hydrogens is 196 g/mol. The van der Waals surface area contributed by atoms with Crippen LogP contribution in [0.25, 0.3) is 0 Å². The highest BCUT2D eigenvalue weighted by molar-refractivity contribution is 4.84. The molecule has 0 spiro atoms. The molecule has 0 amide bonds. The zero-order valence-electron chi connectivity index (χ0n) is 11.3. The summed E-state index contributed by atoms with van der Waals surface area (Å²) in [4.78, 5) is 2.69. The maximum Gasteiger partial charge on any atom is 0.0221 e. The zero-order chi connectivity index (χ0) is 11.8. The van der Waals surface area contributed by atoms with Crippen LogP contribution in [0, 0.1) is 0 Å². The Kier molecular flexibility index (Phi) is 7.06. The van der Waals surface area contributed by atoms with Crippen molar-refractivity contribution in [3.8, 4) is 0 Å². The highest BCUT2D eigenvalue weighted by Crippen LogP contribution is 2.24. The van der Waals surface area contributed by atoms with Crippen molar-refractivity contribution < 1.29 is 0 Å². The minimum atomic E-state index is 0.657. The van der Waals surface area contributed by atoms with Crippen molar-refractivity contribution in [2.24, 2.45) is 5.73 Å². The topological polar surface area (TPSA) is 29.3 Å². The van der Waals surface area contributed by atoms with Gasteiger partial charge in [-0.1, -0.05) is 39.5 Å². The second-order valence-corrected chi connectivity index (χ2v) is 5.18. The van der Waals surface area contributed by atoms with Crippen LogP contribution < -0.4 is 5.73 Å². The number of hydrogen-bond acceptors (Lipinski definition) is 2. The fourth-order valence-electron chi connectivity index (χ4n) is 3.00. The molecule has 0 aromatic heterocycles. The first-order valence-corrected chi connectivity index (χ1v) is 7.29. The quantitative estimate of drug-likeness (QED) is 0.644. The number of nitrogens with zero attached hydrogens (tertiary/aromatic N) is 1. The first kappa shape index (κ1) is 14.0. The van der Waals surface area contributed by atoms with Gasteiger partial charge in [0, 0.05) is 18.6 Å². The lowest BCUT2D eigenvalue weighted by Gasteiger charge is -2.32. The molecule has 0 saturated carbocycles. The van der Waals surface area contributed by atoms with E-state index in [1.54, 1.807) is 0 Å². The Balaban J connectivity index is 2.29. The molecule has 1 rings (SSSR count). The largest absolute Gasteiger partial charge is 0.329 e. The van der Waals surface area contributed by atoms with Crippen LogP contribution in [0.3, 0.4) is 0 Å². The van der Waals surface area contributed by atoms with E-state index in [4.69, 9.17) is 5.73 Å². The molecule has 0 radical (unpaired) electrons. The summed E-state index contributed by atoms with van der Waals surface area (Å²) in [5, 5.41) is 0. The van der Waals surface area contributed by atoms with Gasteiger partial charge in [0.05, 0.1) is 0 Å². The third-order valence-corrected chi connectivity index (χ3v) is 4.03. The first-order valence-electron chi connectivity index (χ1n) is 7.29. The minimum absolute atomic E-state index is 0.657. The second-order valence-electron chi connectivity index (χ2n) is 5.18. The predicted octanol–water partition coefficient (Wildman–Crippen LogP) is 3.16. The van der Waals surface area contributed by atoms with E-state index in [0.29, 0.717) is 6.04 Å². The average molecular weight is 226 g/mol. The SMILES string of the molecule is CCCCCCC(CN)N1CCCC1CC. The van der Waals surface area contributed by atoms with Crippen LogP contribution in [-0.4, -0.2) is 30.1 Å². The second kappa shape index (κ2) is 8.08. The van der Waals surface area contributed by atoms with Crippen molar-refractivity contribution in [2.45, 2.75) is 77.3 Å². The highest BCUT2D eigenvalue weighted by Gasteiger charge is 2.28. The van der Waals surface area contributed by atoms with Crippen molar-refractivity contribution in [2.75, 3.05) is 13.1 Å². The molecule has 2 nitrogen and oxygen atoms in total. The Morgan fingerprint density at radius 1 is 1.25 bits per heavy atom. The lowest BCUT2D eigenvalue weighted by atomic mass is 10.0. The Bertz CT molecular complexity index is 170. The monoisotopic (exact) mass is 226 g/mol. The minimum Gasteiger partial charge on any atom is -0.329 e. The van der Waals surface area contributed by atoms with E-state index in [1.165, 1.54) is 57.9 Å². The number of likely N-dealkylation sites (tertiary alicyclic amines) is 1. The molecule has 0 bridgehead atoms. The van der Waals surface area contributed by atoms with Gasteiger partial charge in [-0.3, -0.25) is 4.90 Å². The molecule has 2 unspecified atom stereocenters. The van der Waals surface area contributed by atoms with Crippen molar-refractivity contribution in [1.82, 2.24) is 4.90 Å². The molecule has 2 heteroatoms. The van der Waals surface area contributed by atoms with Crippen LogP contribution in [-0.2, 0) is 0 Å². The van der Waals surface area contributed by atoms with Crippen molar-refractivity contribution in [3.05, 3.63) is 0 Å². The smallest absolute Gasteiger partial charge is 0.0221 e. The number of rotatable bonds is 8. The van der Waals surface area contributed by atoms with Crippen LogP contribution in [0.15, 0.2) is 0 Å². The standard InChI is InChI=1S/C14H30N2/c1-3-5-6-7-9-14(12-15)16-11-8-10-13(16)4-2/h13-14H,3-12,15H2,1-2H3. The van der Waals surface area contributed by atoms with Gasteiger partial charge >= 0.3 is 0 Å². The van der Waals surface area contributed by atoms with Crippen LogP contribution in [0.1, 0.15) is 65.2 Å². The molecule has 2 N–H and O–H groups in total. The third kappa shape index (κ3) is 4.06. The maximum atomic E-state index is 5.94. The Morgan fingerprint density at radius 3 is 2.69 bits per heavy atom. The van der Waals surface area contributed by atoms with Gasteiger partial charge in [-0.25, -0.2) is 0 Å². The normalized spacial score (nSPS) is 23.8.